The molecule has 0 radical (unpaired) electrons. The van der Waals surface area contributed by atoms with Crippen molar-refractivity contribution >= 4 is 26.6 Å². The number of hydrogen-bond acceptors (Lipinski definition) is 4. The number of phenols is 1. The first-order valence-corrected chi connectivity index (χ1v) is 9.98. The van der Waals surface area contributed by atoms with E-state index in [2.05, 4.69) is 9.88 Å². The lowest BCUT2D eigenvalue weighted by Gasteiger charge is -2.27. The highest BCUT2D eigenvalue weighted by Gasteiger charge is 2.34. The van der Waals surface area contributed by atoms with Crippen molar-refractivity contribution in [3.63, 3.8) is 0 Å². The second-order valence-corrected chi connectivity index (χ2v) is 8.60. The number of nitrogens with zero attached hydrogens (tertiary/aromatic N) is 2. The van der Waals surface area contributed by atoms with E-state index >= 15 is 0 Å². The summed E-state index contributed by atoms with van der Waals surface area (Å²) in [5.74, 6) is 0.220. The van der Waals surface area contributed by atoms with Crippen LogP contribution in [-0.2, 0) is 10.0 Å². The molecule has 2 heterocycles. The van der Waals surface area contributed by atoms with Gasteiger partial charge in [0.15, 0.2) is 0 Å². The van der Waals surface area contributed by atoms with Crippen molar-refractivity contribution in [2.45, 2.75) is 17.4 Å². The van der Waals surface area contributed by atoms with Gasteiger partial charge in [0.25, 0.3) is 0 Å². The summed E-state index contributed by atoms with van der Waals surface area (Å²) in [5.41, 5.74) is 1.89. The minimum Gasteiger partial charge on any atom is -0.508 e. The number of H-pyrrole nitrogens is 1. The zero-order valence-electron chi connectivity index (χ0n) is 14.5. The molecule has 136 valence electrons. The van der Waals surface area contributed by atoms with Gasteiger partial charge in [-0.25, -0.2) is 8.42 Å². The Labute approximate surface area is 152 Å². The van der Waals surface area contributed by atoms with E-state index in [0.717, 1.165) is 23.0 Å². The standard InChI is InChI=1S/C19H21N3O3S/c1-21(15-2-4-17(23)5-3-15)16-9-11-22(13-16)26(24,25)18-6-7-19-14(12-18)8-10-20-19/h2-8,10,12,16,20,23H,9,11,13H2,1H3/t16-/m1/s1. The van der Waals surface area contributed by atoms with Crippen molar-refractivity contribution in [3.05, 3.63) is 54.7 Å². The fraction of sp³-hybridized carbons (Fsp3) is 0.263. The van der Waals surface area contributed by atoms with Crippen molar-refractivity contribution in [2.24, 2.45) is 0 Å². The van der Waals surface area contributed by atoms with Gasteiger partial charge in [-0.3, -0.25) is 0 Å². The van der Waals surface area contributed by atoms with Gasteiger partial charge in [-0.2, -0.15) is 4.31 Å². The maximum atomic E-state index is 13.0. The number of nitrogens with one attached hydrogen (secondary N) is 1. The van der Waals surface area contributed by atoms with Crippen LogP contribution in [0.5, 0.6) is 5.75 Å². The van der Waals surface area contributed by atoms with E-state index in [0.29, 0.717) is 18.0 Å². The van der Waals surface area contributed by atoms with Crippen molar-refractivity contribution in [2.75, 3.05) is 25.0 Å². The number of hydrogen-bond donors (Lipinski definition) is 2. The van der Waals surface area contributed by atoms with Crippen molar-refractivity contribution < 1.29 is 13.5 Å². The van der Waals surface area contributed by atoms with Crippen LogP contribution in [0.3, 0.4) is 0 Å². The van der Waals surface area contributed by atoms with Crippen LogP contribution in [0.15, 0.2) is 59.6 Å². The molecule has 1 aliphatic rings. The van der Waals surface area contributed by atoms with Crippen LogP contribution < -0.4 is 4.90 Å². The Morgan fingerprint density at radius 1 is 1.15 bits per heavy atom. The molecule has 1 saturated heterocycles. The number of anilines is 1. The highest BCUT2D eigenvalue weighted by Crippen LogP contribution is 2.28. The van der Waals surface area contributed by atoms with Crippen LogP contribution >= 0.6 is 0 Å². The molecule has 0 bridgehead atoms. The van der Waals surface area contributed by atoms with Crippen molar-refractivity contribution in [1.82, 2.24) is 9.29 Å². The fourth-order valence-electron chi connectivity index (χ4n) is 3.48. The molecule has 0 saturated carbocycles. The average molecular weight is 371 g/mol. The molecule has 6 nitrogen and oxygen atoms in total. The van der Waals surface area contributed by atoms with E-state index in [-0.39, 0.29) is 11.8 Å². The zero-order valence-corrected chi connectivity index (χ0v) is 15.3. The summed E-state index contributed by atoms with van der Waals surface area (Å²) < 4.78 is 27.6. The fourth-order valence-corrected chi connectivity index (χ4v) is 5.01. The van der Waals surface area contributed by atoms with Crippen LogP contribution in [-0.4, -0.2) is 49.0 Å². The Morgan fingerprint density at radius 2 is 1.92 bits per heavy atom. The number of rotatable bonds is 4. The second-order valence-electron chi connectivity index (χ2n) is 6.66. The summed E-state index contributed by atoms with van der Waals surface area (Å²) in [4.78, 5) is 5.48. The first-order chi connectivity index (χ1) is 12.4. The molecule has 2 aromatic carbocycles. The molecule has 3 aromatic rings. The van der Waals surface area contributed by atoms with E-state index in [1.807, 2.05) is 25.2 Å². The normalized spacial score (nSPS) is 18.4. The third kappa shape index (κ3) is 2.93. The smallest absolute Gasteiger partial charge is 0.243 e. The second kappa shape index (κ2) is 6.34. The Bertz CT molecular complexity index is 1030. The van der Waals surface area contributed by atoms with Gasteiger partial charge in [0, 0.05) is 49.0 Å². The molecule has 1 aromatic heterocycles. The van der Waals surface area contributed by atoms with Crippen LogP contribution in [0.4, 0.5) is 5.69 Å². The van der Waals surface area contributed by atoms with Crippen LogP contribution in [0.2, 0.25) is 0 Å². The predicted octanol–water partition coefficient (Wildman–Crippen LogP) is 2.77. The van der Waals surface area contributed by atoms with Crippen LogP contribution in [0.25, 0.3) is 10.9 Å². The van der Waals surface area contributed by atoms with Gasteiger partial charge in [0.2, 0.25) is 10.0 Å². The lowest BCUT2D eigenvalue weighted by molar-refractivity contribution is 0.470. The highest BCUT2D eigenvalue weighted by atomic mass is 32.2. The topological polar surface area (TPSA) is 76.6 Å². The van der Waals surface area contributed by atoms with Gasteiger partial charge in [-0.1, -0.05) is 0 Å². The Morgan fingerprint density at radius 3 is 2.69 bits per heavy atom. The van der Waals surface area contributed by atoms with Crippen molar-refractivity contribution in [3.8, 4) is 5.75 Å². The summed E-state index contributed by atoms with van der Waals surface area (Å²) in [6, 6.07) is 14.1. The summed E-state index contributed by atoms with van der Waals surface area (Å²) in [6.07, 6.45) is 2.57. The average Bonchev–Trinajstić information content (AvgIpc) is 3.31. The number of aromatic amines is 1. The number of benzene rings is 2. The molecule has 1 fully saturated rings. The molecular formula is C19H21N3O3S. The Hall–Kier alpha value is -2.51. The summed E-state index contributed by atoms with van der Waals surface area (Å²) in [6.45, 7) is 0.950. The predicted molar refractivity (Wildman–Crippen MR) is 102 cm³/mol. The van der Waals surface area contributed by atoms with E-state index in [9.17, 15) is 13.5 Å². The van der Waals surface area contributed by atoms with Gasteiger partial charge in [0.05, 0.1) is 4.90 Å². The Balaban J connectivity index is 1.54. The number of sulfonamides is 1. The molecule has 0 amide bonds. The molecule has 2 N–H and O–H groups in total. The quantitative estimate of drug-likeness (QED) is 0.739. The maximum Gasteiger partial charge on any atom is 0.243 e. The lowest BCUT2D eigenvalue weighted by atomic mass is 10.2. The minimum absolute atomic E-state index is 0.102. The number of fused-ring (bicyclic) bond motifs is 1. The Kier molecular flexibility index (Phi) is 4.13. The van der Waals surface area contributed by atoms with Gasteiger partial charge in [-0.05, 0) is 55.0 Å². The molecule has 0 aliphatic carbocycles. The first kappa shape index (κ1) is 16.9. The number of aromatic nitrogens is 1. The third-order valence-electron chi connectivity index (χ3n) is 5.09. The minimum atomic E-state index is -3.51. The van der Waals surface area contributed by atoms with Crippen LogP contribution in [0.1, 0.15) is 6.42 Å². The summed E-state index contributed by atoms with van der Waals surface area (Å²) >= 11 is 0. The van der Waals surface area contributed by atoms with Crippen LogP contribution in [0, 0.1) is 0 Å². The molecule has 4 rings (SSSR count). The molecule has 0 unspecified atom stereocenters. The molecule has 1 aliphatic heterocycles. The highest BCUT2D eigenvalue weighted by molar-refractivity contribution is 7.89. The lowest BCUT2D eigenvalue weighted by Crippen LogP contribution is -2.36. The number of phenolic OH excluding ortho intramolecular Hbond substituents is 1. The molecule has 7 heteroatoms. The molecular weight excluding hydrogens is 350 g/mol. The van der Waals surface area contributed by atoms with E-state index in [1.54, 1.807) is 40.8 Å². The molecule has 26 heavy (non-hydrogen) atoms. The van der Waals surface area contributed by atoms with Gasteiger partial charge in [0.1, 0.15) is 5.75 Å². The zero-order chi connectivity index (χ0) is 18.3. The van der Waals surface area contributed by atoms with Gasteiger partial charge in [-0.15, -0.1) is 0 Å². The largest absolute Gasteiger partial charge is 0.508 e. The van der Waals surface area contributed by atoms with E-state index in [1.165, 1.54) is 0 Å². The monoisotopic (exact) mass is 371 g/mol. The van der Waals surface area contributed by atoms with Gasteiger partial charge < -0.3 is 15.0 Å². The SMILES string of the molecule is CN(c1ccc(O)cc1)[C@@H]1CCN(S(=O)(=O)c2ccc3[nH]ccc3c2)C1. The maximum absolute atomic E-state index is 13.0. The number of likely N-dealkylation sites (N-methyl/N-ethyl adjacent to an activating group) is 1. The number of aromatic hydroxyl groups is 1. The van der Waals surface area contributed by atoms with Crippen molar-refractivity contribution in [1.29, 1.82) is 0 Å². The summed E-state index contributed by atoms with van der Waals surface area (Å²) in [7, 11) is -1.55. The molecule has 0 spiro atoms. The van der Waals surface area contributed by atoms with E-state index in [4.69, 9.17) is 0 Å². The van der Waals surface area contributed by atoms with Gasteiger partial charge >= 0.3 is 0 Å². The first-order valence-electron chi connectivity index (χ1n) is 8.54. The third-order valence-corrected chi connectivity index (χ3v) is 6.95. The van der Waals surface area contributed by atoms with E-state index < -0.39 is 10.0 Å². The summed E-state index contributed by atoms with van der Waals surface area (Å²) in [5, 5.41) is 10.3. The molecule has 1 atom stereocenters.